The molecule has 0 bridgehead atoms. The summed E-state index contributed by atoms with van der Waals surface area (Å²) >= 11 is 0. The van der Waals surface area contributed by atoms with Crippen molar-refractivity contribution in [3.8, 4) is 0 Å². The zero-order valence-electron chi connectivity index (χ0n) is 41.1. The Balaban J connectivity index is -0.000000812. The van der Waals surface area contributed by atoms with Crippen LogP contribution in [0.25, 0.3) is 0 Å². The van der Waals surface area contributed by atoms with Gasteiger partial charge >= 0.3 is 17.9 Å². The van der Waals surface area contributed by atoms with E-state index in [0.717, 1.165) is 50.4 Å². The highest BCUT2D eigenvalue weighted by atomic mass is 16.4. The number of carbonyl (C=O) groups is 3. The van der Waals surface area contributed by atoms with Crippen LogP contribution < -0.4 is 0 Å². The molecule has 0 saturated heterocycles. The number of rotatable bonds is 45. The third kappa shape index (κ3) is 70.7. The average molecular weight is 851 g/mol. The minimum Gasteiger partial charge on any atom is -0.481 e. The Hall–Kier alpha value is -1.85. The minimum absolute atomic E-state index is 0.332. The number of hydrogen-bond donors (Lipinski definition) is 3. The van der Waals surface area contributed by atoms with Crippen LogP contribution in [0.1, 0.15) is 304 Å². The number of carboxylic acid groups (broad SMARTS) is 3. The van der Waals surface area contributed by atoms with Crippen molar-refractivity contribution in [2.75, 3.05) is 0 Å². The van der Waals surface area contributed by atoms with Gasteiger partial charge in [0.25, 0.3) is 0 Å². The van der Waals surface area contributed by atoms with E-state index >= 15 is 0 Å². The first-order valence-electron chi connectivity index (χ1n) is 26.3. The fourth-order valence-corrected chi connectivity index (χ4v) is 7.54. The quantitative estimate of drug-likeness (QED) is 0.0416. The molecule has 0 spiro atoms. The zero-order chi connectivity index (χ0) is 45.0. The Morgan fingerprint density at radius 1 is 0.317 bits per heavy atom. The predicted octanol–water partition coefficient (Wildman–Crippen LogP) is 18.5. The highest BCUT2D eigenvalue weighted by Gasteiger charge is 2.00. The molecular formula is C54H106O6. The number of allylic oxidation sites excluding steroid dienone is 2. The van der Waals surface area contributed by atoms with Crippen LogP contribution >= 0.6 is 0 Å². The SMILES string of the molecule is CC(C)CCCCCCCCCCCCCCC(=O)O.CC(C)CCCCCCCCCCCCCCC(=O)O.CCCCCCCC/C=C\CCCCCCCC(=O)O. The lowest BCUT2D eigenvalue weighted by Gasteiger charge is -2.04. The molecule has 0 aliphatic heterocycles. The third-order valence-corrected chi connectivity index (χ3v) is 11.5. The summed E-state index contributed by atoms with van der Waals surface area (Å²) in [6.07, 6.45) is 55.9. The molecular weight excluding hydrogens is 745 g/mol. The zero-order valence-corrected chi connectivity index (χ0v) is 41.1. The standard InChI is InChI=1S/2C18H36O2.C18H34O2/c2*1-17(2)15-13-11-9-7-5-3-4-6-8-10-12-14-16-18(19)20;1-2-3-4-5-6-7-8-9-10-11-12-13-14-15-16-17-18(19)20/h2*17H,3-16H2,1-2H3,(H,19,20);9-10H,2-8,11-17H2,1H3,(H,19,20)/b;;10-9-. The van der Waals surface area contributed by atoms with Crippen molar-refractivity contribution in [1.82, 2.24) is 0 Å². The molecule has 0 atom stereocenters. The molecule has 0 radical (unpaired) electrons. The summed E-state index contributed by atoms with van der Waals surface area (Å²) in [7, 11) is 0. The third-order valence-electron chi connectivity index (χ3n) is 11.5. The molecule has 0 aromatic heterocycles. The van der Waals surface area contributed by atoms with E-state index in [9.17, 15) is 14.4 Å². The lowest BCUT2D eigenvalue weighted by atomic mass is 10.0. The van der Waals surface area contributed by atoms with Gasteiger partial charge < -0.3 is 15.3 Å². The summed E-state index contributed by atoms with van der Waals surface area (Å²) in [6.45, 7) is 11.5. The van der Waals surface area contributed by atoms with Gasteiger partial charge in [-0.2, -0.15) is 0 Å². The number of unbranched alkanes of at least 4 members (excludes halogenated alkanes) is 33. The Morgan fingerprint density at radius 2 is 0.517 bits per heavy atom. The highest BCUT2D eigenvalue weighted by molar-refractivity contribution is 5.67. The van der Waals surface area contributed by atoms with Crippen LogP contribution in [0, 0.1) is 11.8 Å². The second-order valence-corrected chi connectivity index (χ2v) is 18.9. The maximum absolute atomic E-state index is 10.3. The van der Waals surface area contributed by atoms with E-state index in [1.54, 1.807) is 0 Å². The van der Waals surface area contributed by atoms with Crippen molar-refractivity contribution in [2.24, 2.45) is 11.8 Å². The second-order valence-electron chi connectivity index (χ2n) is 18.9. The van der Waals surface area contributed by atoms with Gasteiger partial charge in [-0.3, -0.25) is 14.4 Å². The molecule has 6 nitrogen and oxygen atoms in total. The summed E-state index contributed by atoms with van der Waals surface area (Å²) in [4.78, 5) is 31.0. The highest BCUT2D eigenvalue weighted by Crippen LogP contribution is 2.16. The summed E-state index contributed by atoms with van der Waals surface area (Å²) in [5.74, 6) is -0.240. The molecule has 0 amide bonds. The molecule has 358 valence electrons. The second kappa shape index (κ2) is 55.2. The van der Waals surface area contributed by atoms with Gasteiger partial charge in [0, 0.05) is 19.3 Å². The minimum atomic E-state index is -0.664. The number of carboxylic acids is 3. The van der Waals surface area contributed by atoms with E-state index in [-0.39, 0.29) is 0 Å². The molecule has 0 aromatic rings. The summed E-state index contributed by atoms with van der Waals surface area (Å²) in [6, 6.07) is 0. The van der Waals surface area contributed by atoms with Crippen molar-refractivity contribution in [1.29, 1.82) is 0 Å². The summed E-state index contributed by atoms with van der Waals surface area (Å²) in [5, 5.41) is 25.5. The van der Waals surface area contributed by atoms with Crippen LogP contribution in [-0.4, -0.2) is 33.2 Å². The molecule has 0 aliphatic rings. The van der Waals surface area contributed by atoms with Crippen LogP contribution in [0.5, 0.6) is 0 Å². The van der Waals surface area contributed by atoms with Crippen molar-refractivity contribution >= 4 is 17.9 Å². The van der Waals surface area contributed by atoms with E-state index in [2.05, 4.69) is 46.8 Å². The van der Waals surface area contributed by atoms with Gasteiger partial charge in [-0.05, 0) is 56.8 Å². The lowest BCUT2D eigenvalue weighted by molar-refractivity contribution is -0.138. The molecule has 0 heterocycles. The van der Waals surface area contributed by atoms with Crippen molar-refractivity contribution in [3.05, 3.63) is 12.2 Å². The number of aliphatic carboxylic acids is 3. The Labute approximate surface area is 374 Å². The van der Waals surface area contributed by atoms with Crippen LogP contribution in [0.4, 0.5) is 0 Å². The van der Waals surface area contributed by atoms with Gasteiger partial charge in [0.05, 0.1) is 0 Å². The van der Waals surface area contributed by atoms with E-state index < -0.39 is 17.9 Å². The smallest absolute Gasteiger partial charge is 0.303 e. The van der Waals surface area contributed by atoms with Gasteiger partial charge in [0.2, 0.25) is 0 Å². The van der Waals surface area contributed by atoms with E-state index in [0.29, 0.717) is 19.3 Å². The summed E-state index contributed by atoms with van der Waals surface area (Å²) < 4.78 is 0. The number of hydrogen-bond acceptors (Lipinski definition) is 3. The van der Waals surface area contributed by atoms with E-state index in [1.165, 1.54) is 212 Å². The van der Waals surface area contributed by atoms with Crippen LogP contribution in [0.3, 0.4) is 0 Å². The predicted molar refractivity (Wildman–Crippen MR) is 261 cm³/mol. The maximum Gasteiger partial charge on any atom is 0.303 e. The van der Waals surface area contributed by atoms with Crippen molar-refractivity contribution in [3.63, 3.8) is 0 Å². The first-order chi connectivity index (χ1) is 29.0. The molecule has 0 aromatic carbocycles. The monoisotopic (exact) mass is 851 g/mol. The first kappa shape index (κ1) is 62.4. The fourth-order valence-electron chi connectivity index (χ4n) is 7.54. The molecule has 0 unspecified atom stereocenters. The van der Waals surface area contributed by atoms with Crippen LogP contribution in [-0.2, 0) is 14.4 Å². The molecule has 60 heavy (non-hydrogen) atoms. The van der Waals surface area contributed by atoms with Gasteiger partial charge in [-0.25, -0.2) is 0 Å². The topological polar surface area (TPSA) is 112 Å². The molecule has 0 aliphatic carbocycles. The average Bonchev–Trinajstić information content (AvgIpc) is 3.19. The normalized spacial score (nSPS) is 11.2. The van der Waals surface area contributed by atoms with Crippen molar-refractivity contribution < 1.29 is 29.7 Å². The molecule has 0 saturated carbocycles. The van der Waals surface area contributed by atoms with Crippen LogP contribution in [0.2, 0.25) is 0 Å². The van der Waals surface area contributed by atoms with Gasteiger partial charge in [0.1, 0.15) is 0 Å². The molecule has 6 heteroatoms. The van der Waals surface area contributed by atoms with Crippen molar-refractivity contribution in [2.45, 2.75) is 304 Å². The summed E-state index contributed by atoms with van der Waals surface area (Å²) in [5.41, 5.74) is 0. The van der Waals surface area contributed by atoms with E-state index in [1.807, 2.05) is 0 Å². The van der Waals surface area contributed by atoms with Gasteiger partial charge in [0.15, 0.2) is 0 Å². The molecule has 0 fully saturated rings. The van der Waals surface area contributed by atoms with Crippen LogP contribution in [0.15, 0.2) is 12.2 Å². The Bertz CT molecular complexity index is 835. The largest absolute Gasteiger partial charge is 0.481 e. The molecule has 3 N–H and O–H groups in total. The first-order valence-corrected chi connectivity index (χ1v) is 26.3. The lowest BCUT2D eigenvalue weighted by Crippen LogP contribution is -1.93. The molecule has 0 rings (SSSR count). The Morgan fingerprint density at radius 3 is 0.733 bits per heavy atom. The maximum atomic E-state index is 10.3. The fraction of sp³-hybridized carbons (Fsp3) is 0.907. The van der Waals surface area contributed by atoms with E-state index in [4.69, 9.17) is 15.3 Å². The Kier molecular flexibility index (Phi) is 57.4. The van der Waals surface area contributed by atoms with Gasteiger partial charge in [-0.15, -0.1) is 0 Å². The van der Waals surface area contributed by atoms with Gasteiger partial charge in [-0.1, -0.05) is 252 Å².